The number of hydrogen-bond acceptors (Lipinski definition) is 2. The van der Waals surface area contributed by atoms with Crippen molar-refractivity contribution in [1.82, 2.24) is 4.98 Å². The molecule has 1 N–H and O–H groups in total. The van der Waals surface area contributed by atoms with Crippen LogP contribution in [0.3, 0.4) is 0 Å². The molecule has 0 saturated carbocycles. The Labute approximate surface area is 104 Å². The number of hydrogen-bond donors (Lipinski definition) is 1. The van der Waals surface area contributed by atoms with Gasteiger partial charge in [0.05, 0.1) is 0 Å². The summed E-state index contributed by atoms with van der Waals surface area (Å²) in [5, 5.41) is 3.59. The van der Waals surface area contributed by atoms with E-state index in [9.17, 15) is 4.39 Å². The lowest BCUT2D eigenvalue weighted by Crippen LogP contribution is -2.00. The molecule has 2 rings (SSSR count). The molecular weight excluding hydrogens is 239 g/mol. The first-order chi connectivity index (χ1) is 8.15. The molecule has 88 valence electrons. The first kappa shape index (κ1) is 11.9. The highest BCUT2D eigenvalue weighted by Gasteiger charge is 2.00. The molecule has 0 spiro atoms. The van der Waals surface area contributed by atoms with Crippen LogP contribution in [0.25, 0.3) is 0 Å². The van der Waals surface area contributed by atoms with Gasteiger partial charge in [-0.3, -0.25) is 0 Å². The SMILES string of the molecule is Cc1ccc(CNc2ccnc(Cl)c2)cc1F. The first-order valence-corrected chi connectivity index (χ1v) is 5.63. The van der Waals surface area contributed by atoms with Crippen LogP contribution in [0.4, 0.5) is 10.1 Å². The summed E-state index contributed by atoms with van der Waals surface area (Å²) in [5.74, 6) is -0.183. The second-order valence-corrected chi connectivity index (χ2v) is 4.19. The zero-order valence-electron chi connectivity index (χ0n) is 9.37. The van der Waals surface area contributed by atoms with Crippen LogP contribution in [0, 0.1) is 12.7 Å². The Balaban J connectivity index is 2.05. The zero-order chi connectivity index (χ0) is 12.3. The molecule has 17 heavy (non-hydrogen) atoms. The van der Waals surface area contributed by atoms with Gasteiger partial charge in [-0.15, -0.1) is 0 Å². The van der Waals surface area contributed by atoms with Crippen molar-refractivity contribution in [3.63, 3.8) is 0 Å². The van der Waals surface area contributed by atoms with E-state index in [4.69, 9.17) is 11.6 Å². The Morgan fingerprint density at radius 2 is 2.12 bits per heavy atom. The monoisotopic (exact) mass is 250 g/mol. The lowest BCUT2D eigenvalue weighted by atomic mass is 10.1. The Bertz CT molecular complexity index is 529. The highest BCUT2D eigenvalue weighted by molar-refractivity contribution is 6.29. The Morgan fingerprint density at radius 1 is 1.29 bits per heavy atom. The molecule has 0 saturated heterocycles. The fourth-order valence-corrected chi connectivity index (χ4v) is 1.64. The summed E-state index contributed by atoms with van der Waals surface area (Å²) >= 11 is 5.76. The molecule has 0 aliphatic heterocycles. The van der Waals surface area contributed by atoms with Crippen molar-refractivity contribution in [2.75, 3.05) is 5.32 Å². The van der Waals surface area contributed by atoms with E-state index < -0.39 is 0 Å². The van der Waals surface area contributed by atoms with Crippen LogP contribution < -0.4 is 5.32 Å². The fraction of sp³-hybridized carbons (Fsp3) is 0.154. The normalized spacial score (nSPS) is 10.3. The van der Waals surface area contributed by atoms with Crippen molar-refractivity contribution < 1.29 is 4.39 Å². The minimum absolute atomic E-state index is 0.183. The van der Waals surface area contributed by atoms with E-state index in [-0.39, 0.29) is 5.82 Å². The molecule has 0 bridgehead atoms. The summed E-state index contributed by atoms with van der Waals surface area (Å²) in [6, 6.07) is 8.74. The average Bonchev–Trinajstić information content (AvgIpc) is 2.31. The number of pyridine rings is 1. The summed E-state index contributed by atoms with van der Waals surface area (Å²) in [6.45, 7) is 2.30. The van der Waals surface area contributed by atoms with E-state index in [0.29, 0.717) is 17.3 Å². The van der Waals surface area contributed by atoms with Gasteiger partial charge < -0.3 is 5.32 Å². The van der Waals surface area contributed by atoms with Crippen LogP contribution in [-0.2, 0) is 6.54 Å². The molecule has 0 aliphatic carbocycles. The molecule has 0 unspecified atom stereocenters. The molecule has 2 aromatic rings. The van der Waals surface area contributed by atoms with Crippen molar-refractivity contribution in [3.05, 3.63) is 58.6 Å². The van der Waals surface area contributed by atoms with E-state index in [0.717, 1.165) is 11.3 Å². The maximum absolute atomic E-state index is 13.3. The van der Waals surface area contributed by atoms with Crippen molar-refractivity contribution in [1.29, 1.82) is 0 Å². The van der Waals surface area contributed by atoms with Gasteiger partial charge in [0.2, 0.25) is 0 Å². The molecule has 4 heteroatoms. The number of rotatable bonds is 3. The molecule has 2 nitrogen and oxygen atoms in total. The summed E-state index contributed by atoms with van der Waals surface area (Å²) in [5.41, 5.74) is 2.41. The fourth-order valence-electron chi connectivity index (χ4n) is 1.46. The molecule has 0 radical (unpaired) electrons. The summed E-state index contributed by atoms with van der Waals surface area (Å²) in [7, 11) is 0. The molecule has 0 fully saturated rings. The molecule has 0 atom stereocenters. The predicted molar refractivity (Wildman–Crippen MR) is 67.7 cm³/mol. The molecular formula is C13H12ClFN2. The van der Waals surface area contributed by atoms with Crippen LogP contribution >= 0.6 is 11.6 Å². The zero-order valence-corrected chi connectivity index (χ0v) is 10.1. The van der Waals surface area contributed by atoms with Gasteiger partial charge in [0.1, 0.15) is 11.0 Å². The number of halogens is 2. The number of nitrogens with one attached hydrogen (secondary N) is 1. The quantitative estimate of drug-likeness (QED) is 0.839. The molecule has 1 aromatic heterocycles. The Kier molecular flexibility index (Phi) is 3.59. The Morgan fingerprint density at radius 3 is 2.82 bits per heavy atom. The topological polar surface area (TPSA) is 24.9 Å². The standard InChI is InChI=1S/C13H12ClFN2/c1-9-2-3-10(6-12(9)15)8-17-11-4-5-16-13(14)7-11/h2-7H,8H2,1H3,(H,16,17). The van der Waals surface area contributed by atoms with Gasteiger partial charge >= 0.3 is 0 Å². The minimum atomic E-state index is -0.183. The highest BCUT2D eigenvalue weighted by Crippen LogP contribution is 2.14. The smallest absolute Gasteiger partial charge is 0.131 e. The van der Waals surface area contributed by atoms with E-state index in [1.54, 1.807) is 25.3 Å². The number of benzene rings is 1. The molecule has 0 aliphatic rings. The molecule has 0 amide bonds. The van der Waals surface area contributed by atoms with E-state index >= 15 is 0 Å². The number of aromatic nitrogens is 1. The van der Waals surface area contributed by atoms with Gasteiger partial charge in [-0.25, -0.2) is 9.37 Å². The summed E-state index contributed by atoms with van der Waals surface area (Å²) < 4.78 is 13.3. The molecule has 1 aromatic carbocycles. The van der Waals surface area contributed by atoms with Gasteiger partial charge in [0.25, 0.3) is 0 Å². The van der Waals surface area contributed by atoms with Crippen molar-refractivity contribution in [3.8, 4) is 0 Å². The number of nitrogens with zero attached hydrogens (tertiary/aromatic N) is 1. The van der Waals surface area contributed by atoms with E-state index in [1.165, 1.54) is 6.07 Å². The van der Waals surface area contributed by atoms with E-state index in [1.807, 2.05) is 12.1 Å². The van der Waals surface area contributed by atoms with Gasteiger partial charge in [0, 0.05) is 18.4 Å². The van der Waals surface area contributed by atoms with Crippen LogP contribution in [0.5, 0.6) is 0 Å². The number of aryl methyl sites for hydroxylation is 1. The lowest BCUT2D eigenvalue weighted by Gasteiger charge is -2.07. The third kappa shape index (κ3) is 3.17. The van der Waals surface area contributed by atoms with Gasteiger partial charge in [-0.2, -0.15) is 0 Å². The van der Waals surface area contributed by atoms with Gasteiger partial charge in [0.15, 0.2) is 0 Å². The van der Waals surface area contributed by atoms with Crippen LogP contribution in [0.2, 0.25) is 5.15 Å². The van der Waals surface area contributed by atoms with Crippen LogP contribution in [-0.4, -0.2) is 4.98 Å². The third-order valence-corrected chi connectivity index (χ3v) is 2.67. The maximum atomic E-state index is 13.3. The van der Waals surface area contributed by atoms with Crippen molar-refractivity contribution in [2.24, 2.45) is 0 Å². The van der Waals surface area contributed by atoms with Crippen molar-refractivity contribution >= 4 is 17.3 Å². The average molecular weight is 251 g/mol. The second kappa shape index (κ2) is 5.15. The van der Waals surface area contributed by atoms with E-state index in [2.05, 4.69) is 10.3 Å². The van der Waals surface area contributed by atoms with Crippen LogP contribution in [0.15, 0.2) is 36.5 Å². The van der Waals surface area contributed by atoms with Crippen LogP contribution in [0.1, 0.15) is 11.1 Å². The highest BCUT2D eigenvalue weighted by atomic mass is 35.5. The van der Waals surface area contributed by atoms with Gasteiger partial charge in [-0.05, 0) is 36.2 Å². The Hall–Kier alpha value is -1.61. The van der Waals surface area contributed by atoms with Crippen molar-refractivity contribution in [2.45, 2.75) is 13.5 Å². The first-order valence-electron chi connectivity index (χ1n) is 5.25. The third-order valence-electron chi connectivity index (χ3n) is 2.46. The number of anilines is 1. The lowest BCUT2D eigenvalue weighted by molar-refractivity contribution is 0.616. The largest absolute Gasteiger partial charge is 0.381 e. The predicted octanol–water partition coefficient (Wildman–Crippen LogP) is 3.79. The van der Waals surface area contributed by atoms with Gasteiger partial charge in [-0.1, -0.05) is 23.7 Å². The summed E-state index contributed by atoms with van der Waals surface area (Å²) in [6.07, 6.45) is 1.63. The second-order valence-electron chi connectivity index (χ2n) is 3.80. The maximum Gasteiger partial charge on any atom is 0.131 e. The minimum Gasteiger partial charge on any atom is -0.381 e. The summed E-state index contributed by atoms with van der Waals surface area (Å²) in [4.78, 5) is 3.89. The molecule has 1 heterocycles.